The van der Waals surface area contributed by atoms with Crippen LogP contribution in [0.4, 0.5) is 11.5 Å². The summed E-state index contributed by atoms with van der Waals surface area (Å²) in [4.78, 5) is 13.1. The van der Waals surface area contributed by atoms with Gasteiger partial charge >= 0.3 is 0 Å². The molecule has 6 heteroatoms. The van der Waals surface area contributed by atoms with Gasteiger partial charge in [-0.15, -0.1) is 0 Å². The molecule has 0 aliphatic carbocycles. The fourth-order valence-electron chi connectivity index (χ4n) is 3.01. The lowest BCUT2D eigenvalue weighted by molar-refractivity contribution is 0.273. The fraction of sp³-hybridized carbons (Fsp3) is 0.667. The maximum absolute atomic E-state index is 5.97. The number of nitrogen functional groups attached to an aromatic ring is 1. The highest BCUT2D eigenvalue weighted by Gasteiger charge is 2.29. The second kappa shape index (κ2) is 4.90. The van der Waals surface area contributed by atoms with Gasteiger partial charge in [-0.1, -0.05) is 0 Å². The molecular formula is C12H18ClN5. The number of hydrogen-bond donors (Lipinski definition) is 1. The van der Waals surface area contributed by atoms with Crippen molar-refractivity contribution in [1.29, 1.82) is 0 Å². The molecule has 2 N–H and O–H groups in total. The molecule has 0 bridgehead atoms. The van der Waals surface area contributed by atoms with E-state index in [0.29, 0.717) is 11.7 Å². The van der Waals surface area contributed by atoms with Crippen molar-refractivity contribution in [2.24, 2.45) is 0 Å². The first kappa shape index (κ1) is 12.0. The SMILES string of the molecule is Nc1cnc(Cl)nc1N1CCCN2CCCC2C1. The second-order valence-electron chi connectivity index (χ2n) is 5.05. The lowest BCUT2D eigenvalue weighted by Gasteiger charge is -2.27. The van der Waals surface area contributed by atoms with E-state index < -0.39 is 0 Å². The topological polar surface area (TPSA) is 58.3 Å². The van der Waals surface area contributed by atoms with Crippen LogP contribution in [0.2, 0.25) is 5.28 Å². The summed E-state index contributed by atoms with van der Waals surface area (Å²) in [6, 6.07) is 0.639. The first-order chi connectivity index (χ1) is 8.74. The Hall–Kier alpha value is -1.07. The maximum atomic E-state index is 5.97. The highest BCUT2D eigenvalue weighted by Crippen LogP contribution is 2.27. The van der Waals surface area contributed by atoms with E-state index in [-0.39, 0.29) is 5.28 Å². The number of nitrogens with two attached hydrogens (primary N) is 1. The van der Waals surface area contributed by atoms with Gasteiger partial charge in [-0.2, -0.15) is 4.98 Å². The van der Waals surface area contributed by atoms with E-state index in [1.807, 2.05) is 0 Å². The lowest BCUT2D eigenvalue weighted by Crippen LogP contribution is -2.37. The third kappa shape index (κ3) is 2.24. The molecule has 1 atom stereocenters. The van der Waals surface area contributed by atoms with Gasteiger partial charge in [-0.25, -0.2) is 4.98 Å². The van der Waals surface area contributed by atoms with Crippen LogP contribution in [0.25, 0.3) is 0 Å². The molecule has 2 fully saturated rings. The van der Waals surface area contributed by atoms with Crippen molar-refractivity contribution in [2.75, 3.05) is 36.8 Å². The van der Waals surface area contributed by atoms with Crippen LogP contribution in [0.1, 0.15) is 19.3 Å². The number of anilines is 2. The van der Waals surface area contributed by atoms with Gasteiger partial charge in [0.05, 0.1) is 11.9 Å². The van der Waals surface area contributed by atoms with E-state index in [4.69, 9.17) is 17.3 Å². The van der Waals surface area contributed by atoms with Crippen molar-refractivity contribution in [1.82, 2.24) is 14.9 Å². The number of aromatic nitrogens is 2. The van der Waals surface area contributed by atoms with Crippen molar-refractivity contribution < 1.29 is 0 Å². The minimum atomic E-state index is 0.270. The molecule has 2 aliphatic rings. The Morgan fingerprint density at radius 3 is 3.00 bits per heavy atom. The van der Waals surface area contributed by atoms with Gasteiger partial charge in [0.15, 0.2) is 5.82 Å². The van der Waals surface area contributed by atoms with Gasteiger partial charge in [-0.05, 0) is 37.4 Å². The standard InChI is InChI=1S/C12H18ClN5/c13-12-15-7-10(14)11(16-12)18-6-2-5-17-4-1-3-9(17)8-18/h7,9H,1-6,8,14H2. The van der Waals surface area contributed by atoms with E-state index >= 15 is 0 Å². The second-order valence-corrected chi connectivity index (χ2v) is 5.39. The molecule has 0 aromatic carbocycles. The molecule has 0 spiro atoms. The van der Waals surface area contributed by atoms with Crippen molar-refractivity contribution in [2.45, 2.75) is 25.3 Å². The quantitative estimate of drug-likeness (QED) is 0.779. The van der Waals surface area contributed by atoms with Crippen LogP contribution in [0.5, 0.6) is 0 Å². The molecule has 3 heterocycles. The maximum Gasteiger partial charge on any atom is 0.224 e. The predicted molar refractivity (Wildman–Crippen MR) is 72.9 cm³/mol. The fourth-order valence-corrected chi connectivity index (χ4v) is 3.14. The van der Waals surface area contributed by atoms with Crippen LogP contribution < -0.4 is 10.6 Å². The molecule has 1 aromatic heterocycles. The molecule has 0 radical (unpaired) electrons. The van der Waals surface area contributed by atoms with Crippen LogP contribution in [-0.2, 0) is 0 Å². The summed E-state index contributed by atoms with van der Waals surface area (Å²) in [5, 5.41) is 0.270. The van der Waals surface area contributed by atoms with E-state index in [2.05, 4.69) is 19.8 Å². The summed E-state index contributed by atoms with van der Waals surface area (Å²) in [5.74, 6) is 0.795. The molecule has 0 amide bonds. The Bertz CT molecular complexity index is 438. The average molecular weight is 268 g/mol. The van der Waals surface area contributed by atoms with Gasteiger partial charge in [0, 0.05) is 25.7 Å². The third-order valence-corrected chi connectivity index (χ3v) is 4.05. The van der Waals surface area contributed by atoms with Gasteiger partial charge in [0.2, 0.25) is 5.28 Å². The minimum absolute atomic E-state index is 0.270. The highest BCUT2D eigenvalue weighted by molar-refractivity contribution is 6.28. The summed E-state index contributed by atoms with van der Waals surface area (Å²) < 4.78 is 0. The smallest absolute Gasteiger partial charge is 0.224 e. The molecule has 1 unspecified atom stereocenters. The number of fused-ring (bicyclic) bond motifs is 1. The van der Waals surface area contributed by atoms with Crippen LogP contribution in [-0.4, -0.2) is 47.1 Å². The van der Waals surface area contributed by atoms with Crippen molar-refractivity contribution in [3.05, 3.63) is 11.5 Å². The molecule has 5 nitrogen and oxygen atoms in total. The minimum Gasteiger partial charge on any atom is -0.394 e. The number of hydrogen-bond acceptors (Lipinski definition) is 5. The Kier molecular flexibility index (Phi) is 3.26. The zero-order valence-electron chi connectivity index (χ0n) is 10.3. The normalized spacial score (nSPS) is 24.9. The highest BCUT2D eigenvalue weighted by atomic mass is 35.5. The first-order valence-corrected chi connectivity index (χ1v) is 6.89. The van der Waals surface area contributed by atoms with Crippen LogP contribution in [0.3, 0.4) is 0 Å². The molecule has 98 valence electrons. The van der Waals surface area contributed by atoms with Gasteiger partial charge in [0.1, 0.15) is 0 Å². The van der Waals surface area contributed by atoms with Gasteiger partial charge in [0.25, 0.3) is 0 Å². The number of rotatable bonds is 1. The molecule has 2 saturated heterocycles. The van der Waals surface area contributed by atoms with E-state index in [1.54, 1.807) is 6.20 Å². The predicted octanol–water partition coefficient (Wildman–Crippen LogP) is 1.39. The van der Waals surface area contributed by atoms with E-state index in [1.165, 1.54) is 25.9 Å². The van der Waals surface area contributed by atoms with E-state index in [0.717, 1.165) is 25.3 Å². The van der Waals surface area contributed by atoms with Crippen LogP contribution >= 0.6 is 11.6 Å². The largest absolute Gasteiger partial charge is 0.394 e. The molecule has 3 rings (SSSR count). The van der Waals surface area contributed by atoms with E-state index in [9.17, 15) is 0 Å². The zero-order valence-corrected chi connectivity index (χ0v) is 11.1. The molecular weight excluding hydrogens is 250 g/mol. The molecule has 2 aliphatic heterocycles. The summed E-state index contributed by atoms with van der Waals surface area (Å²) >= 11 is 5.87. The summed E-state index contributed by atoms with van der Waals surface area (Å²) in [5.41, 5.74) is 6.59. The van der Waals surface area contributed by atoms with Crippen LogP contribution in [0, 0.1) is 0 Å². The number of halogens is 1. The molecule has 1 aromatic rings. The van der Waals surface area contributed by atoms with Crippen molar-refractivity contribution in [3.63, 3.8) is 0 Å². The summed E-state index contributed by atoms with van der Waals surface area (Å²) in [6.07, 6.45) is 5.33. The summed E-state index contributed by atoms with van der Waals surface area (Å²) in [7, 11) is 0. The van der Waals surface area contributed by atoms with Crippen LogP contribution in [0.15, 0.2) is 6.20 Å². The van der Waals surface area contributed by atoms with Gasteiger partial charge < -0.3 is 10.6 Å². The average Bonchev–Trinajstić information content (AvgIpc) is 2.70. The Morgan fingerprint density at radius 2 is 2.11 bits per heavy atom. The Labute approximate surface area is 112 Å². The van der Waals surface area contributed by atoms with Gasteiger partial charge in [-0.3, -0.25) is 4.90 Å². The first-order valence-electron chi connectivity index (χ1n) is 6.51. The Balaban J connectivity index is 1.84. The summed E-state index contributed by atoms with van der Waals surface area (Å²) in [6.45, 7) is 4.40. The van der Waals surface area contributed by atoms with Crippen molar-refractivity contribution >= 4 is 23.1 Å². The van der Waals surface area contributed by atoms with Crippen molar-refractivity contribution in [3.8, 4) is 0 Å². The Morgan fingerprint density at radius 1 is 1.28 bits per heavy atom. The number of nitrogens with zero attached hydrogens (tertiary/aromatic N) is 4. The lowest BCUT2D eigenvalue weighted by atomic mass is 10.2. The zero-order chi connectivity index (χ0) is 12.5. The molecule has 18 heavy (non-hydrogen) atoms. The molecule has 0 saturated carbocycles. The third-order valence-electron chi connectivity index (χ3n) is 3.87. The monoisotopic (exact) mass is 267 g/mol.